The van der Waals surface area contributed by atoms with Crippen LogP contribution in [0.5, 0.6) is 5.75 Å². The van der Waals surface area contributed by atoms with E-state index >= 15 is 0 Å². The summed E-state index contributed by atoms with van der Waals surface area (Å²) >= 11 is 1.53. The normalized spacial score (nSPS) is 13.3. The second-order valence-corrected chi connectivity index (χ2v) is 9.34. The molecule has 0 spiro atoms. The van der Waals surface area contributed by atoms with E-state index in [2.05, 4.69) is 45.2 Å². The molecule has 0 radical (unpaired) electrons. The van der Waals surface area contributed by atoms with Crippen LogP contribution < -0.4 is 14.8 Å². The van der Waals surface area contributed by atoms with Crippen molar-refractivity contribution in [2.24, 2.45) is 0 Å². The minimum Gasteiger partial charge on any atom is -0.495 e. The Balaban J connectivity index is 0.000000179. The van der Waals surface area contributed by atoms with E-state index in [0.29, 0.717) is 11.6 Å². The maximum atomic E-state index is 10.8. The molecule has 180 valence electrons. The second kappa shape index (κ2) is 11.7. The topological polar surface area (TPSA) is 66.5 Å². The molecule has 1 aliphatic rings. The van der Waals surface area contributed by atoms with E-state index < -0.39 is 0 Å². The van der Waals surface area contributed by atoms with Crippen LogP contribution in [0.3, 0.4) is 0 Å². The van der Waals surface area contributed by atoms with E-state index in [1.54, 1.807) is 13.3 Å². The Morgan fingerprint density at radius 3 is 2.57 bits per heavy atom. The number of methoxy groups -OCH3 is 1. The number of likely N-dealkylation sites (N-methyl/N-ethyl adjacent to an activating group) is 1. The zero-order valence-corrected chi connectivity index (χ0v) is 21.0. The Bertz CT molecular complexity index is 1290. The molecule has 0 atom stereocenters. The number of rotatable bonds is 7. The number of aldehydes is 1. The van der Waals surface area contributed by atoms with Crippen molar-refractivity contribution in [1.29, 1.82) is 0 Å². The maximum absolute atomic E-state index is 10.8. The number of fused-ring (bicyclic) bond motifs is 1. The second-order valence-electron chi connectivity index (χ2n) is 8.49. The van der Waals surface area contributed by atoms with Crippen molar-refractivity contribution in [1.82, 2.24) is 9.88 Å². The molecular formula is C28H30N4O2S. The van der Waals surface area contributed by atoms with Crippen LogP contribution in [0.4, 0.5) is 11.4 Å². The van der Waals surface area contributed by atoms with Gasteiger partial charge in [-0.25, -0.2) is 0 Å². The predicted octanol–water partition coefficient (Wildman–Crippen LogP) is 5.90. The molecule has 2 N–H and O–H groups in total. The Hall–Kier alpha value is -3.55. The van der Waals surface area contributed by atoms with Gasteiger partial charge >= 0.3 is 0 Å². The summed E-state index contributed by atoms with van der Waals surface area (Å²) in [7, 11) is 3.83. The zero-order valence-electron chi connectivity index (χ0n) is 20.2. The maximum Gasteiger partial charge on any atom is 0.150 e. The minimum atomic E-state index is 0.566. The SMILES string of the molecule is COc1ccccc1NC1CN(C)C1.Cc1cc(C=O)ccc1NSc1cccc2cccnc12. The number of nitrogens with one attached hydrogen (secondary N) is 2. The van der Waals surface area contributed by atoms with Crippen LogP contribution in [0.25, 0.3) is 10.9 Å². The number of carbonyl (C=O) groups is 1. The van der Waals surface area contributed by atoms with Gasteiger partial charge in [0, 0.05) is 35.9 Å². The van der Waals surface area contributed by atoms with Crippen molar-refractivity contribution < 1.29 is 9.53 Å². The first-order chi connectivity index (χ1) is 17.1. The summed E-state index contributed by atoms with van der Waals surface area (Å²) in [5.74, 6) is 0.919. The fourth-order valence-electron chi connectivity index (χ4n) is 3.92. The molecule has 6 nitrogen and oxygen atoms in total. The summed E-state index contributed by atoms with van der Waals surface area (Å²) < 4.78 is 8.60. The van der Waals surface area contributed by atoms with Gasteiger partial charge in [-0.15, -0.1) is 0 Å². The number of para-hydroxylation sites is 3. The van der Waals surface area contributed by atoms with Crippen LogP contribution in [0.2, 0.25) is 0 Å². The number of ether oxygens (including phenoxy) is 1. The van der Waals surface area contributed by atoms with Gasteiger partial charge in [0.25, 0.3) is 0 Å². The van der Waals surface area contributed by atoms with Crippen molar-refractivity contribution in [2.75, 3.05) is 37.3 Å². The van der Waals surface area contributed by atoms with Gasteiger partial charge in [-0.2, -0.15) is 0 Å². The summed E-state index contributed by atoms with van der Waals surface area (Å²) in [6.45, 7) is 4.20. The van der Waals surface area contributed by atoms with Gasteiger partial charge in [-0.3, -0.25) is 9.78 Å². The van der Waals surface area contributed by atoms with Gasteiger partial charge in [-0.1, -0.05) is 30.3 Å². The highest BCUT2D eigenvalue weighted by Crippen LogP contribution is 2.29. The van der Waals surface area contributed by atoms with Crippen LogP contribution in [-0.4, -0.2) is 49.5 Å². The fourth-order valence-corrected chi connectivity index (χ4v) is 4.78. The molecular weight excluding hydrogens is 456 g/mol. The Morgan fingerprint density at radius 1 is 1.03 bits per heavy atom. The highest BCUT2D eigenvalue weighted by molar-refractivity contribution is 8.00. The Kier molecular flexibility index (Phi) is 8.23. The third-order valence-electron chi connectivity index (χ3n) is 5.78. The third-order valence-corrected chi connectivity index (χ3v) is 6.66. The average Bonchev–Trinajstić information content (AvgIpc) is 2.87. The lowest BCUT2D eigenvalue weighted by Gasteiger charge is -2.37. The predicted molar refractivity (Wildman–Crippen MR) is 146 cm³/mol. The number of nitrogens with zero attached hydrogens (tertiary/aromatic N) is 2. The molecule has 1 fully saturated rings. The van der Waals surface area contributed by atoms with E-state index in [1.165, 1.54) is 11.9 Å². The minimum absolute atomic E-state index is 0.566. The first-order valence-electron chi connectivity index (χ1n) is 11.5. The third kappa shape index (κ3) is 6.32. The molecule has 0 saturated carbocycles. The Labute approximate surface area is 210 Å². The molecule has 0 aliphatic carbocycles. The molecule has 0 bridgehead atoms. The number of anilines is 2. The molecule has 4 aromatic rings. The number of aryl methyl sites for hydroxylation is 1. The van der Waals surface area contributed by atoms with Crippen LogP contribution in [-0.2, 0) is 0 Å². The number of hydrogen-bond donors (Lipinski definition) is 2. The molecule has 5 rings (SSSR count). The van der Waals surface area contributed by atoms with Crippen molar-refractivity contribution in [3.05, 3.63) is 90.1 Å². The van der Waals surface area contributed by atoms with Crippen molar-refractivity contribution >= 4 is 40.5 Å². The molecule has 1 saturated heterocycles. The summed E-state index contributed by atoms with van der Waals surface area (Å²) in [6.07, 6.45) is 2.66. The van der Waals surface area contributed by atoms with Gasteiger partial charge in [0.2, 0.25) is 0 Å². The first-order valence-corrected chi connectivity index (χ1v) is 12.3. The number of aromatic nitrogens is 1. The molecule has 35 heavy (non-hydrogen) atoms. The van der Waals surface area contributed by atoms with Gasteiger partial charge in [0.1, 0.15) is 12.0 Å². The number of pyridine rings is 1. The summed E-state index contributed by atoms with van der Waals surface area (Å²) in [5.41, 5.74) is 4.81. The number of likely N-dealkylation sites (tertiary alicyclic amines) is 1. The monoisotopic (exact) mass is 486 g/mol. The van der Waals surface area contributed by atoms with Gasteiger partial charge in [-0.05, 0) is 73.9 Å². The van der Waals surface area contributed by atoms with Crippen molar-refractivity contribution in [2.45, 2.75) is 17.9 Å². The summed E-state index contributed by atoms with van der Waals surface area (Å²) in [6, 6.07) is 24.3. The van der Waals surface area contributed by atoms with E-state index in [4.69, 9.17) is 4.74 Å². The van der Waals surface area contributed by atoms with E-state index in [-0.39, 0.29) is 0 Å². The largest absolute Gasteiger partial charge is 0.495 e. The van der Waals surface area contributed by atoms with Crippen molar-refractivity contribution in [3.8, 4) is 5.75 Å². The standard InChI is InChI=1S/C17H14N2OS.C11H16N2O/c1-12-10-13(11-20)7-8-15(12)19-21-16-6-2-4-14-5-3-9-18-17(14)16;1-13-7-9(8-13)12-10-5-3-4-6-11(10)14-2/h2-11,19H,1H3;3-6,9,12H,7-8H2,1-2H3. The van der Waals surface area contributed by atoms with Gasteiger partial charge in [0.05, 0.1) is 29.3 Å². The lowest BCUT2D eigenvalue weighted by molar-refractivity contribution is 0.112. The zero-order chi connectivity index (χ0) is 24.6. The van der Waals surface area contributed by atoms with Gasteiger partial charge in [0.15, 0.2) is 0 Å². The molecule has 3 aromatic carbocycles. The van der Waals surface area contributed by atoms with Crippen molar-refractivity contribution in [3.63, 3.8) is 0 Å². The Morgan fingerprint density at radius 2 is 1.83 bits per heavy atom. The van der Waals surface area contributed by atoms with E-state index in [0.717, 1.165) is 57.9 Å². The highest BCUT2D eigenvalue weighted by Gasteiger charge is 2.23. The first kappa shape index (κ1) is 24.6. The van der Waals surface area contributed by atoms with Crippen LogP contribution in [0.15, 0.2) is 83.9 Å². The molecule has 1 aliphatic heterocycles. The molecule has 1 aromatic heterocycles. The van der Waals surface area contributed by atoms with Crippen LogP contribution in [0, 0.1) is 6.92 Å². The fraction of sp³-hybridized carbons (Fsp3) is 0.214. The van der Waals surface area contributed by atoms with Gasteiger partial charge < -0.3 is 19.7 Å². The molecule has 0 amide bonds. The smallest absolute Gasteiger partial charge is 0.150 e. The number of benzene rings is 3. The lowest BCUT2D eigenvalue weighted by Crippen LogP contribution is -2.52. The summed E-state index contributed by atoms with van der Waals surface area (Å²) in [5, 5.41) is 4.58. The lowest BCUT2D eigenvalue weighted by atomic mass is 10.1. The number of carbonyl (C=O) groups excluding carboxylic acids is 1. The van der Waals surface area contributed by atoms with E-state index in [9.17, 15) is 4.79 Å². The van der Waals surface area contributed by atoms with E-state index in [1.807, 2.05) is 61.5 Å². The highest BCUT2D eigenvalue weighted by atomic mass is 32.2. The number of hydrogen-bond acceptors (Lipinski definition) is 7. The molecule has 0 unspecified atom stereocenters. The van der Waals surface area contributed by atoms with Crippen LogP contribution >= 0.6 is 11.9 Å². The average molecular weight is 487 g/mol. The summed E-state index contributed by atoms with van der Waals surface area (Å²) in [4.78, 5) is 18.6. The van der Waals surface area contributed by atoms with Crippen LogP contribution in [0.1, 0.15) is 15.9 Å². The molecule has 7 heteroatoms. The molecule has 2 heterocycles. The quantitative estimate of drug-likeness (QED) is 0.249.